The lowest BCUT2D eigenvalue weighted by atomic mass is 9.94. The predicted octanol–water partition coefficient (Wildman–Crippen LogP) is 3.81. The van der Waals surface area contributed by atoms with Gasteiger partial charge in [0.2, 0.25) is 0 Å². The second kappa shape index (κ2) is 11.1. The van der Waals surface area contributed by atoms with Crippen molar-refractivity contribution in [1.29, 1.82) is 0 Å². The molecule has 0 radical (unpaired) electrons. The number of aliphatic hydroxyl groups excluding tert-OH is 1. The largest absolute Gasteiger partial charge is 0.507 e. The van der Waals surface area contributed by atoms with Crippen LogP contribution in [0.15, 0.2) is 48.0 Å². The van der Waals surface area contributed by atoms with Gasteiger partial charge in [0.05, 0.1) is 39.0 Å². The van der Waals surface area contributed by atoms with Gasteiger partial charge in [0, 0.05) is 24.8 Å². The minimum absolute atomic E-state index is 0.0245. The molecule has 2 aromatic carbocycles. The van der Waals surface area contributed by atoms with Crippen LogP contribution in [0.3, 0.4) is 0 Å². The van der Waals surface area contributed by atoms with Gasteiger partial charge in [0.25, 0.3) is 11.7 Å². The first-order valence-electron chi connectivity index (χ1n) is 11.0. The fourth-order valence-electron chi connectivity index (χ4n) is 3.80. The molecule has 0 spiro atoms. The van der Waals surface area contributed by atoms with Gasteiger partial charge >= 0.3 is 0 Å². The Labute approximate surface area is 199 Å². The molecule has 0 saturated carbocycles. The highest BCUT2D eigenvalue weighted by Gasteiger charge is 2.47. The number of carbonyl (C=O) groups excluding carboxylic acids is 2. The maximum Gasteiger partial charge on any atom is 0.295 e. The average molecular weight is 470 g/mol. The highest BCUT2D eigenvalue weighted by atomic mass is 16.5. The lowest BCUT2D eigenvalue weighted by Gasteiger charge is -2.26. The Morgan fingerprint density at radius 3 is 2.26 bits per heavy atom. The highest BCUT2D eigenvalue weighted by molar-refractivity contribution is 6.46. The van der Waals surface area contributed by atoms with Gasteiger partial charge in [-0.3, -0.25) is 9.59 Å². The number of methoxy groups -OCH3 is 3. The van der Waals surface area contributed by atoms with Crippen molar-refractivity contribution in [1.82, 2.24) is 4.90 Å². The first-order chi connectivity index (χ1) is 16.3. The summed E-state index contributed by atoms with van der Waals surface area (Å²) in [6, 6.07) is 11.0. The molecular weight excluding hydrogens is 438 g/mol. The average Bonchev–Trinajstić information content (AvgIpc) is 3.10. The molecule has 0 bridgehead atoms. The number of ether oxygens (including phenoxy) is 4. The molecule has 1 amide bonds. The molecule has 3 rings (SSSR count). The molecule has 0 aromatic heterocycles. The molecule has 1 fully saturated rings. The van der Waals surface area contributed by atoms with Crippen molar-refractivity contribution in [2.75, 3.05) is 41.1 Å². The Hall–Kier alpha value is -3.52. The number of likely N-dealkylation sites (tertiary alicyclic amines) is 1. The van der Waals surface area contributed by atoms with Crippen LogP contribution in [0.1, 0.15) is 31.0 Å². The summed E-state index contributed by atoms with van der Waals surface area (Å²) < 4.78 is 21.7. The van der Waals surface area contributed by atoms with Gasteiger partial charge in [-0.2, -0.15) is 0 Å². The number of Topliss-reactive ketones (excluding diaryl/α,β-unsaturated/α-hetero) is 1. The Balaban J connectivity index is 2.12. The van der Waals surface area contributed by atoms with Crippen LogP contribution in [0.5, 0.6) is 17.2 Å². The molecule has 0 aliphatic carbocycles. The molecule has 8 heteroatoms. The van der Waals surface area contributed by atoms with Gasteiger partial charge in [0.15, 0.2) is 0 Å². The maximum absolute atomic E-state index is 13.1. The molecule has 34 heavy (non-hydrogen) atoms. The molecular formula is C26H31NO7. The van der Waals surface area contributed by atoms with Crippen LogP contribution in [-0.2, 0) is 14.3 Å². The van der Waals surface area contributed by atoms with Crippen molar-refractivity contribution in [3.05, 3.63) is 59.2 Å². The summed E-state index contributed by atoms with van der Waals surface area (Å²) in [7, 11) is 4.54. The van der Waals surface area contributed by atoms with E-state index in [0.29, 0.717) is 40.9 Å². The number of nitrogens with zero attached hydrogens (tertiary/aromatic N) is 1. The van der Waals surface area contributed by atoms with Crippen molar-refractivity contribution >= 4 is 17.4 Å². The quantitative estimate of drug-likeness (QED) is 0.321. The summed E-state index contributed by atoms with van der Waals surface area (Å²) in [5.74, 6) is 0.238. The van der Waals surface area contributed by atoms with Crippen molar-refractivity contribution in [2.45, 2.75) is 19.9 Å². The van der Waals surface area contributed by atoms with E-state index in [1.165, 1.54) is 26.2 Å². The van der Waals surface area contributed by atoms with E-state index in [4.69, 9.17) is 18.9 Å². The number of carbonyl (C=O) groups is 2. The third-order valence-corrected chi connectivity index (χ3v) is 5.52. The van der Waals surface area contributed by atoms with Crippen LogP contribution in [0.4, 0.5) is 0 Å². The summed E-state index contributed by atoms with van der Waals surface area (Å²) in [4.78, 5) is 27.5. The van der Waals surface area contributed by atoms with Crippen LogP contribution < -0.4 is 14.2 Å². The minimum Gasteiger partial charge on any atom is -0.507 e. The zero-order valence-corrected chi connectivity index (χ0v) is 20.2. The van der Waals surface area contributed by atoms with Crippen LogP contribution in [0, 0.1) is 5.92 Å². The van der Waals surface area contributed by atoms with Gasteiger partial charge in [-0.05, 0) is 48.4 Å². The topological polar surface area (TPSA) is 94.5 Å². The zero-order chi connectivity index (χ0) is 24.8. The normalized spacial score (nSPS) is 17.4. The number of rotatable bonds is 10. The number of ketones is 1. The number of hydrogen-bond donors (Lipinski definition) is 1. The second-order valence-electron chi connectivity index (χ2n) is 8.32. The van der Waals surface area contributed by atoms with E-state index in [9.17, 15) is 14.7 Å². The van der Waals surface area contributed by atoms with Crippen LogP contribution >= 0.6 is 0 Å². The Morgan fingerprint density at radius 1 is 1.00 bits per heavy atom. The van der Waals surface area contributed by atoms with Gasteiger partial charge in [-0.1, -0.05) is 13.8 Å². The van der Waals surface area contributed by atoms with Gasteiger partial charge in [-0.15, -0.1) is 0 Å². The van der Waals surface area contributed by atoms with E-state index >= 15 is 0 Å². The predicted molar refractivity (Wildman–Crippen MR) is 127 cm³/mol. The van der Waals surface area contributed by atoms with Gasteiger partial charge in [-0.25, -0.2) is 0 Å². The molecule has 182 valence electrons. The van der Waals surface area contributed by atoms with Crippen LogP contribution in [-0.4, -0.2) is 62.8 Å². The number of benzene rings is 2. The Kier molecular flexibility index (Phi) is 8.17. The summed E-state index contributed by atoms with van der Waals surface area (Å²) in [6.45, 7) is 5.04. The van der Waals surface area contributed by atoms with Crippen molar-refractivity contribution in [3.8, 4) is 17.2 Å². The lowest BCUT2D eigenvalue weighted by molar-refractivity contribution is -0.140. The molecule has 1 aliphatic heterocycles. The fraction of sp³-hybridized carbons (Fsp3) is 0.385. The van der Waals surface area contributed by atoms with E-state index < -0.39 is 17.7 Å². The third-order valence-electron chi connectivity index (χ3n) is 5.52. The second-order valence-corrected chi connectivity index (χ2v) is 8.32. The SMILES string of the molecule is COCCN1C(=O)C(=O)/C(=C(\O)c2ccc(OCC(C)C)cc2)C1c1cc(OC)ccc1OC. The molecule has 1 saturated heterocycles. The summed E-state index contributed by atoms with van der Waals surface area (Å²) in [6.07, 6.45) is 0. The number of aliphatic hydroxyl groups is 1. The van der Waals surface area contributed by atoms with E-state index in [0.717, 1.165) is 0 Å². The number of hydrogen-bond acceptors (Lipinski definition) is 7. The van der Waals surface area contributed by atoms with E-state index in [2.05, 4.69) is 13.8 Å². The van der Waals surface area contributed by atoms with Crippen LogP contribution in [0.25, 0.3) is 5.76 Å². The third kappa shape index (κ3) is 5.17. The first kappa shape index (κ1) is 25.1. The minimum atomic E-state index is -0.878. The van der Waals surface area contributed by atoms with E-state index in [-0.39, 0.29) is 24.5 Å². The molecule has 1 aliphatic rings. The smallest absolute Gasteiger partial charge is 0.295 e. The summed E-state index contributed by atoms with van der Waals surface area (Å²) in [5, 5.41) is 11.2. The van der Waals surface area contributed by atoms with E-state index in [1.807, 2.05) is 0 Å². The first-order valence-corrected chi connectivity index (χ1v) is 11.0. The molecule has 1 atom stereocenters. The van der Waals surface area contributed by atoms with Gasteiger partial charge in [0.1, 0.15) is 23.0 Å². The Morgan fingerprint density at radius 2 is 1.68 bits per heavy atom. The Bertz CT molecular complexity index is 1060. The zero-order valence-electron chi connectivity index (χ0n) is 20.2. The highest BCUT2D eigenvalue weighted by Crippen LogP contribution is 2.43. The fourth-order valence-corrected chi connectivity index (χ4v) is 3.80. The summed E-state index contributed by atoms with van der Waals surface area (Å²) in [5.41, 5.74) is 0.896. The van der Waals surface area contributed by atoms with Crippen molar-refractivity contribution in [3.63, 3.8) is 0 Å². The molecule has 2 aromatic rings. The standard InChI is InChI=1S/C26H31NO7/c1-16(2)15-34-18-8-6-17(7-9-18)24(28)22-23(27(12-13-31-3)26(30)25(22)29)20-14-19(32-4)10-11-21(20)33-5/h6-11,14,16,23,28H,12-13,15H2,1-5H3/b24-22-. The maximum atomic E-state index is 13.1. The van der Waals surface area contributed by atoms with E-state index in [1.54, 1.807) is 42.5 Å². The monoisotopic (exact) mass is 469 g/mol. The number of amides is 1. The van der Waals surface area contributed by atoms with Crippen molar-refractivity contribution in [2.24, 2.45) is 5.92 Å². The van der Waals surface area contributed by atoms with Gasteiger partial charge < -0.3 is 29.0 Å². The molecule has 1 N–H and O–H groups in total. The summed E-state index contributed by atoms with van der Waals surface area (Å²) >= 11 is 0. The van der Waals surface area contributed by atoms with Crippen LogP contribution in [0.2, 0.25) is 0 Å². The van der Waals surface area contributed by atoms with Crippen molar-refractivity contribution < 1.29 is 33.6 Å². The lowest BCUT2D eigenvalue weighted by Crippen LogP contribution is -2.32. The molecule has 1 heterocycles. The molecule has 1 unspecified atom stereocenters. The molecule has 8 nitrogen and oxygen atoms in total.